The van der Waals surface area contributed by atoms with E-state index >= 15 is 0 Å². The fourth-order valence-corrected chi connectivity index (χ4v) is 2.47. The molecular weight excluding hydrogens is 329 g/mol. The summed E-state index contributed by atoms with van der Waals surface area (Å²) in [7, 11) is 0. The van der Waals surface area contributed by atoms with Crippen molar-refractivity contribution in [2.24, 2.45) is 0 Å². The Bertz CT molecular complexity index is 255. The summed E-state index contributed by atoms with van der Waals surface area (Å²) in [5, 5.41) is 16.7. The van der Waals surface area contributed by atoms with Gasteiger partial charge in [0.15, 0.2) is 0 Å². The number of aliphatic carboxylic acids is 2. The third-order valence-electron chi connectivity index (χ3n) is 3.99. The first-order chi connectivity index (χ1) is 11.5. The largest absolute Gasteiger partial charge is 0.481 e. The molecule has 4 nitrogen and oxygen atoms in total. The maximum absolute atomic E-state index is 10.1. The molecule has 0 heterocycles. The highest BCUT2D eigenvalue weighted by molar-refractivity contribution is 5.75. The topological polar surface area (TPSA) is 74.6 Å². The lowest BCUT2D eigenvalue weighted by Gasteiger charge is -1.98. The Kier molecular flexibility index (Phi) is 30.6. The van der Waals surface area contributed by atoms with Gasteiger partial charge in [0.05, 0.1) is 0 Å². The van der Waals surface area contributed by atoms with Crippen molar-refractivity contribution in [2.45, 2.75) is 117 Å². The van der Waals surface area contributed by atoms with Crippen molar-refractivity contribution in [3.05, 3.63) is 0 Å². The van der Waals surface area contributed by atoms with Gasteiger partial charge in [-0.3, -0.25) is 9.59 Å². The lowest BCUT2D eigenvalue weighted by molar-refractivity contribution is -0.138. The molecule has 0 aromatic carbocycles. The molecule has 0 amide bonds. The molecule has 0 fully saturated rings. The molecule has 0 aliphatic carbocycles. The molecule has 2 N–H and O–H groups in total. The normalized spacial score (nSPS) is 9.68. The molecule has 0 aromatic heterocycles. The molecule has 2 radical (unpaired) electrons. The van der Waals surface area contributed by atoms with Gasteiger partial charge in [-0.15, -0.1) is 0 Å². The van der Waals surface area contributed by atoms with Crippen molar-refractivity contribution < 1.29 is 19.8 Å². The van der Waals surface area contributed by atoms with Gasteiger partial charge in [0.25, 0.3) is 0 Å². The van der Waals surface area contributed by atoms with Crippen molar-refractivity contribution in [1.82, 2.24) is 0 Å². The van der Waals surface area contributed by atoms with E-state index in [1.165, 1.54) is 64.2 Å². The second kappa shape index (κ2) is 25.9. The summed E-state index contributed by atoms with van der Waals surface area (Å²) >= 11 is 0. The van der Waals surface area contributed by atoms with Crippen molar-refractivity contribution in [3.63, 3.8) is 0 Å². The number of unbranched alkanes of at least 4 members (excludes halogenated alkanes) is 12. The van der Waals surface area contributed by atoms with E-state index in [-0.39, 0.29) is 23.1 Å². The van der Waals surface area contributed by atoms with Gasteiger partial charge in [0.1, 0.15) is 0 Å². The highest BCUT2D eigenvalue weighted by Gasteiger charge is 1.96. The number of carbonyl (C=O) groups is 2. The van der Waals surface area contributed by atoms with Crippen LogP contribution in [0, 0.1) is 0 Å². The molecule has 146 valence electrons. The van der Waals surface area contributed by atoms with Crippen LogP contribution in [0.1, 0.15) is 117 Å². The Labute approximate surface area is 171 Å². The van der Waals surface area contributed by atoms with Crippen LogP contribution in [0.2, 0.25) is 0 Å². The van der Waals surface area contributed by atoms with E-state index in [2.05, 4.69) is 13.8 Å². The Morgan fingerprint density at radius 1 is 0.520 bits per heavy atom. The first kappa shape index (κ1) is 29.5. The van der Waals surface area contributed by atoms with Gasteiger partial charge in [0.2, 0.25) is 0 Å². The monoisotopic (exact) mass is 368 g/mol. The standard InChI is InChI=1S/2C10H20O2.Mg/c2*1-2-3-4-5-6-7-8-9-10(11)12;/h2*2-9H2,1H3,(H,11,12);. The van der Waals surface area contributed by atoms with Crippen molar-refractivity contribution >= 4 is 35.0 Å². The molecule has 0 saturated carbocycles. The van der Waals surface area contributed by atoms with E-state index in [9.17, 15) is 9.59 Å². The minimum absolute atomic E-state index is 0. The van der Waals surface area contributed by atoms with Gasteiger partial charge >= 0.3 is 11.9 Å². The Balaban J connectivity index is -0.000000372. The van der Waals surface area contributed by atoms with E-state index in [0.29, 0.717) is 12.8 Å². The number of hydrogen-bond acceptors (Lipinski definition) is 2. The van der Waals surface area contributed by atoms with Crippen molar-refractivity contribution in [2.75, 3.05) is 0 Å². The number of hydrogen-bond donors (Lipinski definition) is 2. The maximum atomic E-state index is 10.1. The number of carboxylic acid groups (broad SMARTS) is 2. The minimum atomic E-state index is -0.663. The van der Waals surface area contributed by atoms with Crippen molar-refractivity contribution in [3.8, 4) is 0 Å². The van der Waals surface area contributed by atoms with Gasteiger partial charge < -0.3 is 10.2 Å². The molecule has 0 atom stereocenters. The summed E-state index contributed by atoms with van der Waals surface area (Å²) in [6.07, 6.45) is 17.3. The molecule has 0 unspecified atom stereocenters. The van der Waals surface area contributed by atoms with Crippen LogP contribution >= 0.6 is 0 Å². The van der Waals surface area contributed by atoms with Gasteiger partial charge in [-0.25, -0.2) is 0 Å². The molecule has 0 rings (SSSR count). The second-order valence-corrected chi connectivity index (χ2v) is 6.53. The van der Waals surface area contributed by atoms with E-state index in [1.807, 2.05) is 0 Å². The predicted molar refractivity (Wildman–Crippen MR) is 106 cm³/mol. The third kappa shape index (κ3) is 35.6. The average Bonchev–Trinajstić information content (AvgIpc) is 2.53. The smallest absolute Gasteiger partial charge is 0.303 e. The van der Waals surface area contributed by atoms with E-state index < -0.39 is 11.9 Å². The lowest BCUT2D eigenvalue weighted by atomic mass is 10.1. The zero-order chi connectivity index (χ0) is 18.5. The first-order valence-corrected chi connectivity index (χ1v) is 9.98. The fraction of sp³-hybridized carbons (Fsp3) is 0.900. The van der Waals surface area contributed by atoms with E-state index in [1.54, 1.807) is 0 Å². The lowest BCUT2D eigenvalue weighted by Crippen LogP contribution is -1.93. The molecular formula is C20H40MgO4. The van der Waals surface area contributed by atoms with Crippen LogP contribution in [0.3, 0.4) is 0 Å². The van der Waals surface area contributed by atoms with Gasteiger partial charge in [-0.2, -0.15) is 0 Å². The Hall–Kier alpha value is -0.294. The van der Waals surface area contributed by atoms with Crippen LogP contribution in [0.4, 0.5) is 0 Å². The summed E-state index contributed by atoms with van der Waals surface area (Å²) < 4.78 is 0. The molecule has 5 heteroatoms. The Morgan fingerprint density at radius 3 is 1.00 bits per heavy atom. The van der Waals surface area contributed by atoms with Crippen LogP contribution < -0.4 is 0 Å². The summed E-state index contributed by atoms with van der Waals surface area (Å²) in [5.41, 5.74) is 0. The van der Waals surface area contributed by atoms with Crippen LogP contribution in [0.5, 0.6) is 0 Å². The van der Waals surface area contributed by atoms with Crippen molar-refractivity contribution in [1.29, 1.82) is 0 Å². The molecule has 0 aliphatic heterocycles. The minimum Gasteiger partial charge on any atom is -0.481 e. The summed E-state index contributed by atoms with van der Waals surface area (Å²) in [6.45, 7) is 4.40. The molecule has 0 saturated heterocycles. The SMILES string of the molecule is CCCCCCCCCC(=O)O.CCCCCCCCCC(=O)O.[Mg]. The molecule has 0 bridgehead atoms. The van der Waals surface area contributed by atoms with E-state index in [0.717, 1.165) is 25.7 Å². The molecule has 0 aliphatic rings. The van der Waals surface area contributed by atoms with Gasteiger partial charge in [-0.05, 0) is 12.8 Å². The first-order valence-electron chi connectivity index (χ1n) is 9.98. The molecule has 0 aromatic rings. The second-order valence-electron chi connectivity index (χ2n) is 6.53. The zero-order valence-corrected chi connectivity index (χ0v) is 18.1. The number of carboxylic acids is 2. The molecule has 25 heavy (non-hydrogen) atoms. The highest BCUT2D eigenvalue weighted by atomic mass is 24.3. The summed E-state index contributed by atoms with van der Waals surface area (Å²) in [6, 6.07) is 0. The highest BCUT2D eigenvalue weighted by Crippen LogP contribution is 2.08. The quantitative estimate of drug-likeness (QED) is 0.257. The van der Waals surface area contributed by atoms with Gasteiger partial charge in [0, 0.05) is 35.9 Å². The van der Waals surface area contributed by atoms with Crippen LogP contribution in [0.15, 0.2) is 0 Å². The maximum Gasteiger partial charge on any atom is 0.303 e. The third-order valence-corrected chi connectivity index (χ3v) is 3.99. The van der Waals surface area contributed by atoms with Crippen LogP contribution in [-0.2, 0) is 9.59 Å². The zero-order valence-electron chi connectivity index (χ0n) is 16.7. The average molecular weight is 369 g/mol. The summed E-state index contributed by atoms with van der Waals surface area (Å²) in [4.78, 5) is 20.3. The predicted octanol–water partition coefficient (Wildman–Crippen LogP) is 6.04. The fourth-order valence-electron chi connectivity index (χ4n) is 2.47. The van der Waals surface area contributed by atoms with Crippen LogP contribution in [0.25, 0.3) is 0 Å². The Morgan fingerprint density at radius 2 is 0.760 bits per heavy atom. The van der Waals surface area contributed by atoms with E-state index in [4.69, 9.17) is 10.2 Å². The summed E-state index contributed by atoms with van der Waals surface area (Å²) in [5.74, 6) is -1.33. The van der Waals surface area contributed by atoms with Gasteiger partial charge in [-0.1, -0.05) is 90.9 Å². The number of rotatable bonds is 16. The molecule has 0 spiro atoms. The van der Waals surface area contributed by atoms with Crippen LogP contribution in [-0.4, -0.2) is 45.2 Å².